The molecule has 3 heterocycles. The quantitative estimate of drug-likeness (QED) is 0.625. The van der Waals surface area contributed by atoms with Crippen molar-refractivity contribution in [1.29, 1.82) is 0 Å². The van der Waals surface area contributed by atoms with Gasteiger partial charge in [-0.3, -0.25) is 4.79 Å². The molecule has 8 heteroatoms. The average molecular weight is 410 g/mol. The Kier molecular flexibility index (Phi) is 4.58. The van der Waals surface area contributed by atoms with Crippen LogP contribution in [0.1, 0.15) is 31.2 Å². The second-order valence-electron chi connectivity index (χ2n) is 7.75. The highest BCUT2D eigenvalue weighted by molar-refractivity contribution is 7.13. The number of ether oxygens (including phenoxy) is 1. The van der Waals surface area contributed by atoms with Crippen LogP contribution in [0, 0.1) is 0 Å². The first-order valence-corrected chi connectivity index (χ1v) is 10.8. The number of nitrogens with zero attached hydrogens (tertiary/aromatic N) is 5. The lowest BCUT2D eigenvalue weighted by Gasteiger charge is -2.29. The Bertz CT molecular complexity index is 995. The van der Waals surface area contributed by atoms with Gasteiger partial charge in [0.1, 0.15) is 5.75 Å². The lowest BCUT2D eigenvalue weighted by Crippen LogP contribution is -2.44. The number of carbonyl (C=O) groups excluding carboxylic acids is 1. The second kappa shape index (κ2) is 7.26. The van der Waals surface area contributed by atoms with Gasteiger partial charge in [-0.25, -0.2) is 0 Å². The summed E-state index contributed by atoms with van der Waals surface area (Å²) in [5.41, 5.74) is 0.722. The third-order valence-corrected chi connectivity index (χ3v) is 6.87. The number of hydrogen-bond acceptors (Lipinski definition) is 6. The minimum absolute atomic E-state index is 0.114. The van der Waals surface area contributed by atoms with Crippen molar-refractivity contribution in [2.24, 2.45) is 0 Å². The number of thiophene rings is 1. The van der Waals surface area contributed by atoms with E-state index in [4.69, 9.17) is 4.74 Å². The number of tetrazole rings is 1. The van der Waals surface area contributed by atoms with E-state index in [0.29, 0.717) is 12.4 Å². The first-order chi connectivity index (χ1) is 14.2. The zero-order valence-corrected chi connectivity index (χ0v) is 17.1. The monoisotopic (exact) mass is 409 g/mol. The molecular formula is C21H23N5O2S. The molecule has 1 amide bonds. The lowest BCUT2D eigenvalue weighted by atomic mass is 9.94. The van der Waals surface area contributed by atoms with Crippen molar-refractivity contribution in [1.82, 2.24) is 25.1 Å². The molecule has 0 radical (unpaired) electrons. The summed E-state index contributed by atoms with van der Waals surface area (Å²) in [7, 11) is 1.66. The van der Waals surface area contributed by atoms with E-state index in [-0.39, 0.29) is 17.4 Å². The summed E-state index contributed by atoms with van der Waals surface area (Å²) in [4.78, 5) is 18.2. The summed E-state index contributed by atoms with van der Waals surface area (Å²) in [6.45, 7) is 1.39. The summed E-state index contributed by atoms with van der Waals surface area (Å²) in [5.74, 6) is 1.70. The number of hydrogen-bond donors (Lipinski definition) is 0. The fourth-order valence-corrected chi connectivity index (χ4v) is 4.89. The van der Waals surface area contributed by atoms with E-state index in [2.05, 4.69) is 15.4 Å². The van der Waals surface area contributed by atoms with Gasteiger partial charge in [0.15, 0.2) is 0 Å². The Morgan fingerprint density at radius 1 is 1.28 bits per heavy atom. The number of carbonyl (C=O) groups is 1. The van der Waals surface area contributed by atoms with Crippen molar-refractivity contribution >= 4 is 17.2 Å². The van der Waals surface area contributed by atoms with Crippen LogP contribution in [0.4, 0.5) is 0 Å². The van der Waals surface area contributed by atoms with Crippen LogP contribution in [-0.4, -0.2) is 50.7 Å². The van der Waals surface area contributed by atoms with Crippen molar-refractivity contribution < 1.29 is 9.53 Å². The second-order valence-corrected chi connectivity index (χ2v) is 8.70. The van der Waals surface area contributed by atoms with Gasteiger partial charge in [0.2, 0.25) is 11.7 Å². The molecule has 5 rings (SSSR count). The Morgan fingerprint density at radius 2 is 2.10 bits per heavy atom. The molecule has 150 valence electrons. The smallest absolute Gasteiger partial charge is 0.233 e. The average Bonchev–Trinajstić information content (AvgIpc) is 3.15. The molecule has 0 spiro atoms. The zero-order chi connectivity index (χ0) is 19.8. The molecule has 1 aliphatic heterocycles. The van der Waals surface area contributed by atoms with Crippen LogP contribution in [0.3, 0.4) is 0 Å². The van der Waals surface area contributed by atoms with Crippen LogP contribution < -0.4 is 4.74 Å². The van der Waals surface area contributed by atoms with Gasteiger partial charge in [0, 0.05) is 6.54 Å². The minimum Gasteiger partial charge on any atom is -0.497 e. The molecule has 0 bridgehead atoms. The molecule has 1 saturated carbocycles. The first-order valence-electron chi connectivity index (χ1n) is 9.97. The lowest BCUT2D eigenvalue weighted by molar-refractivity contribution is -0.135. The van der Waals surface area contributed by atoms with E-state index >= 15 is 0 Å². The standard InChI is InChI=1S/C21H23N5O2S/c1-28-17-8-6-15(7-9-17)21(10-11-21)20(27)25-12-2-4-16(25)14-26-23-19(22-24-26)18-5-3-13-29-18/h3,5-9,13,16H,2,4,10-12,14H2,1H3/t16-/m1/s1. The fraction of sp³-hybridized carbons (Fsp3) is 0.429. The van der Waals surface area contributed by atoms with E-state index in [1.807, 2.05) is 46.7 Å². The number of likely N-dealkylation sites (tertiary alicyclic amines) is 1. The number of amides is 1. The van der Waals surface area contributed by atoms with E-state index in [0.717, 1.165) is 48.4 Å². The van der Waals surface area contributed by atoms with Crippen LogP contribution in [0.2, 0.25) is 0 Å². The number of benzene rings is 1. The molecule has 1 aliphatic carbocycles. The summed E-state index contributed by atoms with van der Waals surface area (Å²) < 4.78 is 5.26. The molecule has 2 fully saturated rings. The summed E-state index contributed by atoms with van der Waals surface area (Å²) in [6, 6.07) is 12.0. The summed E-state index contributed by atoms with van der Waals surface area (Å²) >= 11 is 1.60. The number of aromatic nitrogens is 4. The van der Waals surface area contributed by atoms with Crippen LogP contribution >= 0.6 is 11.3 Å². The van der Waals surface area contributed by atoms with E-state index in [1.54, 1.807) is 23.2 Å². The third kappa shape index (κ3) is 3.31. The molecule has 3 aromatic rings. The predicted molar refractivity (Wildman–Crippen MR) is 110 cm³/mol. The van der Waals surface area contributed by atoms with Gasteiger partial charge in [-0.05, 0) is 60.0 Å². The zero-order valence-electron chi connectivity index (χ0n) is 16.3. The maximum Gasteiger partial charge on any atom is 0.233 e. The number of rotatable bonds is 6. The van der Waals surface area contributed by atoms with Crippen molar-refractivity contribution in [3.05, 3.63) is 47.3 Å². The maximum atomic E-state index is 13.5. The van der Waals surface area contributed by atoms with Crippen LogP contribution in [0.5, 0.6) is 5.75 Å². The number of methoxy groups -OCH3 is 1. The molecule has 7 nitrogen and oxygen atoms in total. The van der Waals surface area contributed by atoms with E-state index in [9.17, 15) is 4.79 Å². The van der Waals surface area contributed by atoms with Crippen molar-refractivity contribution in [2.75, 3.05) is 13.7 Å². The Hall–Kier alpha value is -2.74. The van der Waals surface area contributed by atoms with Crippen molar-refractivity contribution in [2.45, 2.75) is 43.7 Å². The van der Waals surface area contributed by atoms with Gasteiger partial charge in [-0.15, -0.1) is 21.5 Å². The predicted octanol–water partition coefficient (Wildman–Crippen LogP) is 3.13. The largest absolute Gasteiger partial charge is 0.497 e. The SMILES string of the molecule is COc1ccc(C2(C(=O)N3CCC[C@@H]3Cn3nnc(-c4cccs4)n3)CC2)cc1. The van der Waals surface area contributed by atoms with Gasteiger partial charge in [-0.1, -0.05) is 18.2 Å². The van der Waals surface area contributed by atoms with E-state index in [1.165, 1.54) is 0 Å². The molecule has 29 heavy (non-hydrogen) atoms. The first kappa shape index (κ1) is 18.3. The van der Waals surface area contributed by atoms with Gasteiger partial charge in [0.05, 0.1) is 30.0 Å². The summed E-state index contributed by atoms with van der Waals surface area (Å²) in [6.07, 6.45) is 3.80. The van der Waals surface area contributed by atoms with Crippen LogP contribution in [-0.2, 0) is 16.8 Å². The normalized spacial score (nSPS) is 20.0. The highest BCUT2D eigenvalue weighted by Crippen LogP contribution is 2.50. The van der Waals surface area contributed by atoms with Gasteiger partial charge in [0.25, 0.3) is 0 Å². The molecule has 2 aliphatic rings. The summed E-state index contributed by atoms with van der Waals surface area (Å²) in [5, 5.41) is 14.9. The molecule has 1 saturated heterocycles. The van der Waals surface area contributed by atoms with Crippen LogP contribution in [0.25, 0.3) is 10.7 Å². The third-order valence-electron chi connectivity index (χ3n) is 6.01. The maximum absolute atomic E-state index is 13.5. The molecule has 0 unspecified atom stereocenters. The molecule has 1 aromatic carbocycles. The highest BCUT2D eigenvalue weighted by atomic mass is 32.1. The molecule has 0 N–H and O–H groups in total. The highest BCUT2D eigenvalue weighted by Gasteiger charge is 2.54. The van der Waals surface area contributed by atoms with Crippen molar-refractivity contribution in [3.63, 3.8) is 0 Å². The van der Waals surface area contributed by atoms with Gasteiger partial charge in [-0.2, -0.15) is 4.80 Å². The van der Waals surface area contributed by atoms with Gasteiger partial charge >= 0.3 is 0 Å². The minimum atomic E-state index is -0.368. The molecule has 2 aromatic heterocycles. The van der Waals surface area contributed by atoms with Crippen LogP contribution in [0.15, 0.2) is 41.8 Å². The Balaban J connectivity index is 1.32. The fourth-order valence-electron chi connectivity index (χ4n) is 4.24. The molecular weight excluding hydrogens is 386 g/mol. The Morgan fingerprint density at radius 3 is 2.79 bits per heavy atom. The Labute approximate surface area is 173 Å². The molecule has 1 atom stereocenters. The van der Waals surface area contributed by atoms with E-state index < -0.39 is 0 Å². The topological polar surface area (TPSA) is 73.1 Å². The van der Waals surface area contributed by atoms with Crippen molar-refractivity contribution in [3.8, 4) is 16.5 Å². The van der Waals surface area contributed by atoms with Gasteiger partial charge < -0.3 is 9.64 Å².